The van der Waals surface area contributed by atoms with Gasteiger partial charge in [0.1, 0.15) is 0 Å². The van der Waals surface area contributed by atoms with E-state index in [0.29, 0.717) is 29.5 Å². The molecule has 2 aliphatic carbocycles. The highest BCUT2D eigenvalue weighted by Gasteiger charge is 2.59. The van der Waals surface area contributed by atoms with Crippen LogP contribution < -0.4 is 15.8 Å². The third-order valence-corrected chi connectivity index (χ3v) is 7.04. The smallest absolute Gasteiger partial charge is 0.255 e. The molecule has 0 aromatic carbocycles. The fourth-order valence-electron chi connectivity index (χ4n) is 5.29. The largest absolute Gasteiger partial charge is 0.348 e. The molecular formula is C23H24FN7O. The Morgan fingerprint density at radius 3 is 2.75 bits per heavy atom. The van der Waals surface area contributed by atoms with Crippen molar-refractivity contribution in [2.75, 3.05) is 25.0 Å². The molecule has 32 heavy (non-hydrogen) atoms. The van der Waals surface area contributed by atoms with Gasteiger partial charge in [0.15, 0.2) is 11.8 Å². The zero-order valence-corrected chi connectivity index (χ0v) is 17.9. The van der Waals surface area contributed by atoms with E-state index in [1.807, 2.05) is 13.1 Å². The average Bonchev–Trinajstić information content (AvgIpc) is 3.13. The Kier molecular flexibility index (Phi) is 4.21. The molecule has 6 rings (SSSR count). The average molecular weight is 433 g/mol. The Labute approximate surface area is 184 Å². The summed E-state index contributed by atoms with van der Waals surface area (Å²) in [5, 5.41) is 3.53. The van der Waals surface area contributed by atoms with Gasteiger partial charge in [-0.3, -0.25) is 14.3 Å². The Morgan fingerprint density at radius 2 is 2.00 bits per heavy atom. The molecule has 4 aliphatic rings. The molecule has 9 heteroatoms. The number of aromatic nitrogens is 3. The number of likely N-dealkylation sites (tertiary alicyclic amines) is 1. The molecule has 2 aromatic heterocycles. The number of halogens is 1. The number of nitrogens with one attached hydrogen (secondary N) is 1. The van der Waals surface area contributed by atoms with E-state index in [-0.39, 0.29) is 23.2 Å². The van der Waals surface area contributed by atoms with Crippen molar-refractivity contribution in [3.8, 4) is 11.3 Å². The normalized spacial score (nSPS) is 29.4. The Balaban J connectivity index is 1.20. The number of anilines is 1. The Hall–Kier alpha value is -3.49. The van der Waals surface area contributed by atoms with Crippen LogP contribution in [0.2, 0.25) is 0 Å². The van der Waals surface area contributed by atoms with Crippen LogP contribution in [0, 0.1) is 17.7 Å². The van der Waals surface area contributed by atoms with E-state index in [1.165, 1.54) is 16.8 Å². The van der Waals surface area contributed by atoms with E-state index in [9.17, 15) is 9.18 Å². The lowest BCUT2D eigenvalue weighted by Crippen LogP contribution is -2.44. The maximum absolute atomic E-state index is 14.2. The summed E-state index contributed by atoms with van der Waals surface area (Å²) in [4.78, 5) is 30.3. The Morgan fingerprint density at radius 1 is 1.22 bits per heavy atom. The number of guanidine groups is 1. The van der Waals surface area contributed by atoms with Crippen LogP contribution in [0.15, 0.2) is 58.6 Å². The predicted octanol–water partition coefficient (Wildman–Crippen LogP) is 1.17. The van der Waals surface area contributed by atoms with Gasteiger partial charge < -0.3 is 15.1 Å². The van der Waals surface area contributed by atoms with E-state index < -0.39 is 5.82 Å². The fraction of sp³-hybridized carbons (Fsp3) is 0.391. The van der Waals surface area contributed by atoms with Crippen molar-refractivity contribution in [3.63, 3.8) is 0 Å². The number of pyridine rings is 1. The number of rotatable bonds is 3. The third kappa shape index (κ3) is 2.95. The van der Waals surface area contributed by atoms with Crippen molar-refractivity contribution in [1.82, 2.24) is 24.8 Å². The van der Waals surface area contributed by atoms with Crippen LogP contribution in [0.25, 0.3) is 11.3 Å². The number of hydrogen-bond donors (Lipinski definition) is 1. The summed E-state index contributed by atoms with van der Waals surface area (Å²) < 4.78 is 15.8. The molecule has 0 bridgehead atoms. The van der Waals surface area contributed by atoms with E-state index in [1.54, 1.807) is 13.1 Å². The second kappa shape index (κ2) is 7.01. The first-order chi connectivity index (χ1) is 15.5. The fourth-order valence-corrected chi connectivity index (χ4v) is 5.29. The number of allylic oxidation sites excluding steroid dienone is 2. The van der Waals surface area contributed by atoms with Gasteiger partial charge in [-0.05, 0) is 6.07 Å². The van der Waals surface area contributed by atoms with Crippen LogP contribution in [0.4, 0.5) is 10.3 Å². The number of aliphatic imine (C=N–C) groups is 1. The maximum Gasteiger partial charge on any atom is 0.255 e. The SMILES string of the molecule is CN(c1nc(-c2ccncc2F)cc(=O)n1C)C1[C@H]2CN(C3=NC4C=CC=CC4N3)C[C@@H]12. The molecule has 2 fully saturated rings. The molecule has 8 nitrogen and oxygen atoms in total. The molecule has 0 amide bonds. The molecule has 1 saturated carbocycles. The van der Waals surface area contributed by atoms with E-state index in [2.05, 4.69) is 43.3 Å². The number of hydrogen-bond acceptors (Lipinski definition) is 7. The topological polar surface area (TPSA) is 78.7 Å². The number of piperidine rings is 1. The van der Waals surface area contributed by atoms with Crippen molar-refractivity contribution >= 4 is 11.9 Å². The second-order valence-corrected chi connectivity index (χ2v) is 8.91. The summed E-state index contributed by atoms with van der Waals surface area (Å²) >= 11 is 0. The molecule has 1 N–H and O–H groups in total. The summed E-state index contributed by atoms with van der Waals surface area (Å²) in [5.74, 6) is 2.00. The van der Waals surface area contributed by atoms with Gasteiger partial charge in [0.25, 0.3) is 5.56 Å². The highest BCUT2D eigenvalue weighted by atomic mass is 19.1. The van der Waals surface area contributed by atoms with Gasteiger partial charge in [-0.15, -0.1) is 0 Å². The van der Waals surface area contributed by atoms with Crippen LogP contribution in [-0.2, 0) is 7.05 Å². The summed E-state index contributed by atoms with van der Waals surface area (Å²) in [6.45, 7) is 1.84. The van der Waals surface area contributed by atoms with Crippen molar-refractivity contribution in [3.05, 3.63) is 65.0 Å². The summed E-state index contributed by atoms with van der Waals surface area (Å²) in [5.41, 5.74) is 0.397. The third-order valence-electron chi connectivity index (χ3n) is 7.04. The summed E-state index contributed by atoms with van der Waals surface area (Å²) in [6, 6.07) is 3.64. The van der Waals surface area contributed by atoms with E-state index in [0.717, 1.165) is 25.2 Å². The lowest BCUT2D eigenvalue weighted by atomic mass is 10.1. The van der Waals surface area contributed by atoms with Gasteiger partial charge in [-0.2, -0.15) is 0 Å². The molecule has 3 unspecified atom stereocenters. The van der Waals surface area contributed by atoms with Gasteiger partial charge in [-0.25, -0.2) is 14.4 Å². The van der Waals surface area contributed by atoms with Gasteiger partial charge in [0.05, 0.1) is 24.0 Å². The van der Waals surface area contributed by atoms with Crippen LogP contribution in [-0.4, -0.2) is 63.7 Å². The molecule has 164 valence electrons. The summed E-state index contributed by atoms with van der Waals surface area (Å²) in [7, 11) is 3.68. The first-order valence-corrected chi connectivity index (χ1v) is 10.9. The van der Waals surface area contributed by atoms with Crippen LogP contribution in [0.1, 0.15) is 0 Å². The van der Waals surface area contributed by atoms with E-state index >= 15 is 0 Å². The molecule has 0 spiro atoms. The zero-order valence-electron chi connectivity index (χ0n) is 17.9. The van der Waals surface area contributed by atoms with Crippen LogP contribution in [0.3, 0.4) is 0 Å². The molecule has 2 aromatic rings. The van der Waals surface area contributed by atoms with Crippen molar-refractivity contribution in [2.24, 2.45) is 23.9 Å². The molecule has 2 aliphatic heterocycles. The standard InChI is InChI=1S/C23H24FN7O/c1-29-20(32)9-19(13-7-8-25-10-16(13)24)28-23(29)30(2)21-14-11-31(12-15(14)21)22-26-17-5-3-4-6-18(17)27-22/h3-10,14-15,17-18,21H,11-12H2,1-2H3,(H,26,27)/t14-,15+,17?,18?,21?. The van der Waals surface area contributed by atoms with Crippen molar-refractivity contribution < 1.29 is 4.39 Å². The minimum Gasteiger partial charge on any atom is -0.348 e. The first kappa shape index (κ1) is 19.2. The minimum atomic E-state index is -0.490. The zero-order chi connectivity index (χ0) is 22.0. The highest BCUT2D eigenvalue weighted by molar-refractivity contribution is 5.84. The molecular weight excluding hydrogens is 409 g/mol. The van der Waals surface area contributed by atoms with E-state index in [4.69, 9.17) is 4.99 Å². The van der Waals surface area contributed by atoms with Gasteiger partial charge in [-0.1, -0.05) is 24.3 Å². The molecule has 5 atom stereocenters. The number of fused-ring (bicyclic) bond motifs is 2. The first-order valence-electron chi connectivity index (χ1n) is 10.9. The minimum absolute atomic E-state index is 0.181. The highest BCUT2D eigenvalue weighted by Crippen LogP contribution is 2.49. The van der Waals surface area contributed by atoms with Gasteiger partial charge in [0, 0.05) is 62.9 Å². The van der Waals surface area contributed by atoms with Crippen molar-refractivity contribution in [2.45, 2.75) is 18.1 Å². The monoisotopic (exact) mass is 433 g/mol. The predicted molar refractivity (Wildman–Crippen MR) is 120 cm³/mol. The molecule has 4 heterocycles. The van der Waals surface area contributed by atoms with Gasteiger partial charge in [0.2, 0.25) is 5.95 Å². The Bertz CT molecular complexity index is 1220. The van der Waals surface area contributed by atoms with Gasteiger partial charge >= 0.3 is 0 Å². The molecule has 1 saturated heterocycles. The maximum atomic E-state index is 14.2. The molecule has 0 radical (unpaired) electrons. The quantitative estimate of drug-likeness (QED) is 0.783. The van der Waals surface area contributed by atoms with Crippen LogP contribution in [0.5, 0.6) is 0 Å². The summed E-state index contributed by atoms with van der Waals surface area (Å²) in [6.07, 6.45) is 11.0. The lowest BCUT2D eigenvalue weighted by molar-refractivity contribution is 0.427. The van der Waals surface area contributed by atoms with Crippen molar-refractivity contribution in [1.29, 1.82) is 0 Å². The number of nitrogens with zero attached hydrogens (tertiary/aromatic N) is 6. The lowest BCUT2D eigenvalue weighted by Gasteiger charge is -2.27. The second-order valence-electron chi connectivity index (χ2n) is 8.91. The van der Waals surface area contributed by atoms with Crippen LogP contribution >= 0.6 is 0 Å².